The van der Waals surface area contributed by atoms with Crippen LogP contribution in [0.2, 0.25) is 0 Å². The highest BCUT2D eigenvalue weighted by atomic mass is 16.5. The number of amides is 1. The molecule has 38 heavy (non-hydrogen) atoms. The molecule has 2 aliphatic heterocycles. The van der Waals surface area contributed by atoms with Gasteiger partial charge in [0.2, 0.25) is 5.84 Å². The van der Waals surface area contributed by atoms with E-state index in [4.69, 9.17) is 59.4 Å². The number of quaternary nitrogens is 1. The second-order valence-electron chi connectivity index (χ2n) is 7.29. The standard InChI is InChI=1S/C15H20N4O.3C2H2O4/c20-14-10-16-15(18-17-14)13-6-8-19(9-7-13)11-12-4-2-1-3-5-12;3*3-1(4)2(5)6/h1-5,13H,6-11H2,(H,16,18)(H,17,20);3*(H,3,4)(H,5,6)/p-2. The summed E-state index contributed by atoms with van der Waals surface area (Å²) in [6.45, 7) is 3.70. The molecule has 0 unspecified atom stereocenters. The molecule has 2 aliphatic rings. The van der Waals surface area contributed by atoms with Gasteiger partial charge in [0.15, 0.2) is 24.5 Å². The minimum Gasteiger partial charge on any atom is -0.539 e. The van der Waals surface area contributed by atoms with Crippen LogP contribution >= 0.6 is 0 Å². The van der Waals surface area contributed by atoms with Crippen molar-refractivity contribution in [2.45, 2.75) is 19.4 Å². The third kappa shape index (κ3) is 15.2. The van der Waals surface area contributed by atoms with Gasteiger partial charge in [-0.2, -0.15) is 0 Å². The Balaban J connectivity index is 0.000000626. The Hall–Kier alpha value is -4.90. The number of benzene rings is 1. The van der Waals surface area contributed by atoms with Crippen molar-refractivity contribution < 1.29 is 69.5 Å². The number of piperidine rings is 1. The van der Waals surface area contributed by atoms with E-state index in [-0.39, 0.29) is 5.91 Å². The van der Waals surface area contributed by atoms with E-state index in [2.05, 4.69) is 45.8 Å². The lowest BCUT2D eigenvalue weighted by molar-refractivity contribution is -0.535. The third-order valence-electron chi connectivity index (χ3n) is 4.59. The molecule has 0 saturated carbocycles. The van der Waals surface area contributed by atoms with Gasteiger partial charge in [-0.3, -0.25) is 15.0 Å². The van der Waals surface area contributed by atoms with Gasteiger partial charge in [0.25, 0.3) is 5.91 Å². The van der Waals surface area contributed by atoms with Crippen LogP contribution in [-0.2, 0) is 40.1 Å². The third-order valence-corrected chi connectivity index (χ3v) is 4.59. The van der Waals surface area contributed by atoms with Gasteiger partial charge < -0.3 is 45.0 Å². The number of nitrogens with two attached hydrogens (primary N) is 1. The summed E-state index contributed by atoms with van der Waals surface area (Å²) in [6.07, 6.45) is 2.25. The van der Waals surface area contributed by atoms with Gasteiger partial charge in [-0.15, -0.1) is 5.10 Å². The molecule has 1 aromatic rings. The van der Waals surface area contributed by atoms with Crippen LogP contribution in [0.4, 0.5) is 0 Å². The molecule has 1 aromatic carbocycles. The van der Waals surface area contributed by atoms with Gasteiger partial charge >= 0.3 is 17.9 Å². The van der Waals surface area contributed by atoms with Crippen molar-refractivity contribution in [2.75, 3.05) is 19.6 Å². The number of hydrazone groups is 1. The zero-order chi connectivity index (χ0) is 29.3. The first-order valence-corrected chi connectivity index (χ1v) is 10.5. The molecular formula is C21H24N4O13-2. The molecule has 17 nitrogen and oxygen atoms in total. The van der Waals surface area contributed by atoms with E-state index in [1.807, 2.05) is 5.32 Å². The van der Waals surface area contributed by atoms with E-state index in [0.29, 0.717) is 12.5 Å². The summed E-state index contributed by atoms with van der Waals surface area (Å²) in [5.74, 6) is -10.5. The van der Waals surface area contributed by atoms with Gasteiger partial charge in [-0.05, 0) is 31.5 Å². The molecular weight excluding hydrogens is 516 g/mol. The highest BCUT2D eigenvalue weighted by molar-refractivity contribution is 6.27. The second kappa shape index (κ2) is 17.5. The number of carbonyl (C=O) groups is 7. The van der Waals surface area contributed by atoms with Crippen LogP contribution in [0, 0.1) is 5.92 Å². The molecule has 0 radical (unpaired) electrons. The fraction of sp³-hybridized carbons (Fsp3) is 0.333. The zero-order valence-electron chi connectivity index (χ0n) is 19.6. The molecule has 0 atom stereocenters. The number of carbonyl (C=O) groups excluding carboxylic acids is 4. The van der Waals surface area contributed by atoms with Crippen molar-refractivity contribution in [3.63, 3.8) is 0 Å². The van der Waals surface area contributed by atoms with E-state index in [9.17, 15) is 4.79 Å². The number of likely N-dealkylation sites (tertiary alicyclic amines) is 1. The Labute approximate surface area is 214 Å². The average Bonchev–Trinajstić information content (AvgIpc) is 2.86. The van der Waals surface area contributed by atoms with Crippen LogP contribution in [0.1, 0.15) is 18.4 Å². The van der Waals surface area contributed by atoms with E-state index in [1.165, 1.54) is 5.56 Å². The van der Waals surface area contributed by atoms with E-state index in [1.54, 1.807) is 0 Å². The predicted molar refractivity (Wildman–Crippen MR) is 115 cm³/mol. The minimum absolute atomic E-state index is 0.00439. The number of nitrogens with zero attached hydrogens (tertiary/aromatic N) is 2. The summed E-state index contributed by atoms with van der Waals surface area (Å²) in [5, 5.41) is 55.1. The summed E-state index contributed by atoms with van der Waals surface area (Å²) >= 11 is 0. The maximum absolute atomic E-state index is 11.1. The lowest BCUT2D eigenvalue weighted by atomic mass is 9.95. The molecule has 208 valence electrons. The van der Waals surface area contributed by atoms with Crippen molar-refractivity contribution in [2.24, 2.45) is 11.0 Å². The summed E-state index contributed by atoms with van der Waals surface area (Å²) in [4.78, 5) is 67.7. The normalized spacial score (nSPS) is 14.7. The predicted octanol–water partition coefficient (Wildman–Crippen LogP) is -6.63. The molecule has 1 amide bonds. The number of nitrogens with one attached hydrogen (secondary N) is 1. The number of hydrogen-bond donors (Lipinski definition) is 5. The van der Waals surface area contributed by atoms with Gasteiger partial charge in [-0.1, -0.05) is 30.3 Å². The highest BCUT2D eigenvalue weighted by Crippen LogP contribution is 2.19. The number of rotatable bonds is 3. The molecule has 6 N–H and O–H groups in total. The molecule has 0 spiro atoms. The fourth-order valence-corrected chi connectivity index (χ4v) is 2.90. The molecule has 0 bridgehead atoms. The summed E-state index contributed by atoms with van der Waals surface area (Å²) in [7, 11) is 0. The van der Waals surface area contributed by atoms with Crippen LogP contribution in [0.3, 0.4) is 0 Å². The molecule has 0 aromatic heterocycles. The molecule has 2 heterocycles. The minimum atomic E-state index is -2.07. The Morgan fingerprint density at radius 2 is 1.29 bits per heavy atom. The summed E-state index contributed by atoms with van der Waals surface area (Å²) in [5.41, 5.74) is 3.96. The molecule has 1 saturated heterocycles. The lowest BCUT2D eigenvalue weighted by Gasteiger charge is -2.31. The van der Waals surface area contributed by atoms with Crippen molar-refractivity contribution in [3.8, 4) is 0 Å². The Kier molecular flexibility index (Phi) is 15.3. The topological polar surface area (TPSA) is 294 Å². The Morgan fingerprint density at radius 3 is 1.63 bits per heavy atom. The maximum atomic E-state index is 11.1. The van der Waals surface area contributed by atoms with Gasteiger partial charge in [0.1, 0.15) is 0 Å². The lowest BCUT2D eigenvalue weighted by Crippen LogP contribution is -2.93. The molecule has 3 rings (SSSR count). The van der Waals surface area contributed by atoms with Crippen molar-refractivity contribution in [3.05, 3.63) is 35.9 Å². The Morgan fingerprint density at radius 1 is 0.868 bits per heavy atom. The number of aliphatic carboxylic acids is 6. The number of hydrogen-bond acceptors (Lipinski definition) is 12. The van der Waals surface area contributed by atoms with E-state index < -0.39 is 35.8 Å². The fourth-order valence-electron chi connectivity index (χ4n) is 2.90. The summed E-state index contributed by atoms with van der Waals surface area (Å²) < 4.78 is 0. The largest absolute Gasteiger partial charge is 0.539 e. The van der Waals surface area contributed by atoms with E-state index >= 15 is 0 Å². The number of carboxylic acids is 6. The van der Waals surface area contributed by atoms with Gasteiger partial charge in [-0.25, -0.2) is 19.8 Å². The van der Waals surface area contributed by atoms with Crippen molar-refractivity contribution >= 4 is 47.6 Å². The van der Waals surface area contributed by atoms with Crippen molar-refractivity contribution in [1.29, 1.82) is 0 Å². The monoisotopic (exact) mass is 540 g/mol. The van der Waals surface area contributed by atoms with Gasteiger partial charge in [0, 0.05) is 6.54 Å². The Bertz CT molecular complexity index is 942. The molecule has 0 aliphatic carbocycles. The molecule has 1 fully saturated rings. The first kappa shape index (κ1) is 33.1. The first-order valence-electron chi connectivity index (χ1n) is 10.5. The summed E-state index contributed by atoms with van der Waals surface area (Å²) in [6, 6.07) is 10.6. The van der Waals surface area contributed by atoms with Crippen LogP contribution in [-0.4, -0.2) is 87.4 Å². The zero-order valence-corrected chi connectivity index (χ0v) is 19.6. The van der Waals surface area contributed by atoms with Crippen LogP contribution in [0.15, 0.2) is 35.4 Å². The highest BCUT2D eigenvalue weighted by Gasteiger charge is 2.28. The van der Waals surface area contributed by atoms with Crippen LogP contribution in [0.5, 0.6) is 0 Å². The van der Waals surface area contributed by atoms with Crippen LogP contribution < -0.4 is 26.1 Å². The average molecular weight is 540 g/mol. The molecule has 17 heteroatoms. The van der Waals surface area contributed by atoms with Crippen LogP contribution in [0.25, 0.3) is 0 Å². The number of carboxylic acid groups (broad SMARTS) is 6. The van der Waals surface area contributed by atoms with Gasteiger partial charge in [0.05, 0.1) is 5.92 Å². The second-order valence-corrected chi connectivity index (χ2v) is 7.29. The van der Waals surface area contributed by atoms with Crippen molar-refractivity contribution in [1.82, 2.24) is 10.3 Å². The SMILES string of the molecule is O=C([O-])C(=O)O.O=C([O-])C(=O)O.O=C([O-])C(=O)O.O=C1C[NH2+]C(C2CCN(Cc3ccccc3)CC2)=NN1. The smallest absolute Gasteiger partial charge is 0.351 e. The van der Waals surface area contributed by atoms with E-state index in [0.717, 1.165) is 38.3 Å². The quantitative estimate of drug-likeness (QED) is 0.223. The first-order chi connectivity index (χ1) is 17.7. The number of amidine groups is 1. The maximum Gasteiger partial charge on any atom is 0.351 e.